The second-order valence-electron chi connectivity index (χ2n) is 12.4. The number of ether oxygens (including phenoxy) is 2. The molecule has 0 radical (unpaired) electrons. The van der Waals surface area contributed by atoms with Gasteiger partial charge in [-0.15, -0.1) is 8.78 Å². The largest absolute Gasteiger partial charge is 0.586 e. The van der Waals surface area contributed by atoms with Gasteiger partial charge in [0.25, 0.3) is 0 Å². The van der Waals surface area contributed by atoms with Gasteiger partial charge in [-0.1, -0.05) is 61.9 Å². The second-order valence-corrected chi connectivity index (χ2v) is 12.4. The molecule has 1 fully saturated rings. The van der Waals surface area contributed by atoms with Crippen molar-refractivity contribution in [3.8, 4) is 22.6 Å². The highest BCUT2D eigenvalue weighted by atomic mass is 19.3. The lowest BCUT2D eigenvalue weighted by Gasteiger charge is -2.48. The van der Waals surface area contributed by atoms with Crippen LogP contribution in [0.15, 0.2) is 70.5 Å². The van der Waals surface area contributed by atoms with Gasteiger partial charge < -0.3 is 18.9 Å². The fourth-order valence-electron chi connectivity index (χ4n) is 5.84. The van der Waals surface area contributed by atoms with Gasteiger partial charge in [-0.2, -0.15) is 4.98 Å². The van der Waals surface area contributed by atoms with Crippen molar-refractivity contribution in [2.75, 3.05) is 11.4 Å². The maximum Gasteiger partial charge on any atom is 0.586 e. The molecule has 0 unspecified atom stereocenters. The molecule has 7 nitrogen and oxygen atoms in total. The van der Waals surface area contributed by atoms with Crippen molar-refractivity contribution >= 4 is 11.6 Å². The minimum Gasteiger partial charge on any atom is -0.395 e. The molecule has 3 aromatic rings. The van der Waals surface area contributed by atoms with E-state index in [2.05, 4.69) is 21.2 Å². The zero-order chi connectivity index (χ0) is 29.9. The predicted molar refractivity (Wildman–Crippen MR) is 150 cm³/mol. The molecule has 7 rings (SSSR count). The third-order valence-corrected chi connectivity index (χ3v) is 8.20. The van der Waals surface area contributed by atoms with Crippen molar-refractivity contribution in [3.05, 3.63) is 77.7 Å². The first-order valence-electron chi connectivity index (χ1n) is 14.0. The van der Waals surface area contributed by atoms with Gasteiger partial charge in [0.2, 0.25) is 11.8 Å². The van der Waals surface area contributed by atoms with Crippen LogP contribution in [-0.4, -0.2) is 28.9 Å². The molecule has 4 aliphatic rings. The molecule has 220 valence electrons. The topological polar surface area (TPSA) is 77.7 Å². The lowest BCUT2D eigenvalue weighted by molar-refractivity contribution is -0.286. The lowest BCUT2D eigenvalue weighted by Crippen LogP contribution is -2.44. The molecule has 0 N–H and O–H groups in total. The van der Waals surface area contributed by atoms with Crippen LogP contribution in [0.5, 0.6) is 11.5 Å². The number of alkyl halides is 2. The Kier molecular flexibility index (Phi) is 6.70. The molecule has 42 heavy (non-hydrogen) atoms. The number of fused-ring (bicyclic) bond motifs is 3. The second kappa shape index (κ2) is 10.0. The zero-order valence-electron chi connectivity index (χ0n) is 23.8. The fraction of sp³-hybridized carbons (Fsp3) is 0.406. The van der Waals surface area contributed by atoms with E-state index in [1.54, 1.807) is 17.0 Å². The molecule has 2 bridgehead atoms. The Morgan fingerprint density at radius 2 is 1.79 bits per heavy atom. The molecular weight excluding hydrogens is 547 g/mol. The molecule has 0 saturated heterocycles. The molecule has 1 amide bonds. The molecule has 0 spiro atoms. The van der Waals surface area contributed by atoms with Gasteiger partial charge in [0.15, 0.2) is 17.3 Å². The molecule has 1 saturated carbocycles. The Hall–Kier alpha value is -4.08. The number of hydrogen-bond donors (Lipinski definition) is 0. The summed E-state index contributed by atoms with van der Waals surface area (Å²) in [7, 11) is 0. The summed E-state index contributed by atoms with van der Waals surface area (Å²) >= 11 is 0. The minimum atomic E-state index is -3.71. The summed E-state index contributed by atoms with van der Waals surface area (Å²) in [6, 6.07) is 11.8. The molecular formula is C32H32F3N3O4. The van der Waals surface area contributed by atoms with Gasteiger partial charge in [-0.25, -0.2) is 4.39 Å². The van der Waals surface area contributed by atoms with Crippen molar-refractivity contribution in [1.29, 1.82) is 0 Å². The molecule has 3 aliphatic carbocycles. The van der Waals surface area contributed by atoms with Crippen LogP contribution >= 0.6 is 0 Å². The predicted octanol–water partition coefficient (Wildman–Crippen LogP) is 7.77. The molecule has 0 atom stereocenters. The number of allylic oxidation sites excluding steroid dienone is 2. The Morgan fingerprint density at radius 3 is 2.45 bits per heavy atom. The summed E-state index contributed by atoms with van der Waals surface area (Å²) in [4.78, 5) is 19.8. The van der Waals surface area contributed by atoms with Crippen LogP contribution in [0.1, 0.15) is 71.0 Å². The summed E-state index contributed by atoms with van der Waals surface area (Å²) in [6.07, 6.45) is -0.533. The minimum absolute atomic E-state index is 0.0241. The first kappa shape index (κ1) is 28.1. The van der Waals surface area contributed by atoms with E-state index in [9.17, 15) is 18.0 Å². The van der Waals surface area contributed by atoms with Crippen LogP contribution in [0.2, 0.25) is 0 Å². The first-order chi connectivity index (χ1) is 19.8. The molecule has 1 aliphatic heterocycles. The van der Waals surface area contributed by atoms with Gasteiger partial charge in [0.1, 0.15) is 0 Å². The smallest absolute Gasteiger partial charge is 0.395 e. The van der Waals surface area contributed by atoms with Crippen molar-refractivity contribution in [2.24, 2.45) is 0 Å². The van der Waals surface area contributed by atoms with Gasteiger partial charge in [0, 0.05) is 35.9 Å². The Bertz CT molecular complexity index is 1600. The quantitative estimate of drug-likeness (QED) is 0.254. The van der Waals surface area contributed by atoms with E-state index in [1.807, 2.05) is 39.0 Å². The molecule has 2 aromatic carbocycles. The van der Waals surface area contributed by atoms with E-state index in [-0.39, 0.29) is 41.1 Å². The lowest BCUT2D eigenvalue weighted by atomic mass is 9.57. The summed E-state index contributed by atoms with van der Waals surface area (Å²) in [6.45, 7) is 9.79. The number of hydrogen-bond acceptors (Lipinski definition) is 6. The maximum absolute atomic E-state index is 13.5. The van der Waals surface area contributed by atoms with E-state index >= 15 is 0 Å². The highest BCUT2D eigenvalue weighted by Gasteiger charge is 2.50. The average molecular weight is 580 g/mol. The number of nitrogens with zero attached hydrogens (tertiary/aromatic N) is 3. The normalized spacial score (nSPS) is 18.0. The van der Waals surface area contributed by atoms with Crippen LogP contribution in [0.3, 0.4) is 0 Å². The zero-order valence-corrected chi connectivity index (χ0v) is 23.8. The average Bonchev–Trinajstić information content (AvgIpc) is 3.53. The molecule has 2 heterocycles. The van der Waals surface area contributed by atoms with E-state index in [1.165, 1.54) is 23.3 Å². The van der Waals surface area contributed by atoms with Crippen LogP contribution in [0.4, 0.5) is 18.9 Å². The van der Waals surface area contributed by atoms with Crippen LogP contribution < -0.4 is 14.4 Å². The SMILES string of the molecule is C=C(F)CCC(=O)N(CC1=C2CC(c3noc(C(C)(C)C)n3)(CC1)C2)c1cccc(-c2ccc3c(c2)OC(F)(F)O3)c1. The number of carbonyl (C=O) groups is 1. The molecule has 10 heteroatoms. The fourth-order valence-corrected chi connectivity index (χ4v) is 5.84. The summed E-state index contributed by atoms with van der Waals surface area (Å²) in [5, 5.41) is 4.31. The first-order valence-corrected chi connectivity index (χ1v) is 14.0. The number of rotatable bonds is 8. The van der Waals surface area contributed by atoms with E-state index in [0.29, 0.717) is 29.2 Å². The van der Waals surface area contributed by atoms with Crippen LogP contribution in [-0.2, 0) is 15.6 Å². The van der Waals surface area contributed by atoms with Crippen molar-refractivity contribution < 1.29 is 32.0 Å². The van der Waals surface area contributed by atoms with Crippen molar-refractivity contribution in [2.45, 2.75) is 76.4 Å². The van der Waals surface area contributed by atoms with Gasteiger partial charge in [0.05, 0.1) is 5.83 Å². The Labute approximate surface area is 242 Å². The van der Waals surface area contributed by atoms with E-state index in [4.69, 9.17) is 9.51 Å². The van der Waals surface area contributed by atoms with Crippen molar-refractivity contribution in [1.82, 2.24) is 10.1 Å². The maximum atomic E-state index is 13.5. The molecule has 1 aromatic heterocycles. The number of aromatic nitrogens is 2. The number of carbonyl (C=O) groups excluding carboxylic acids is 1. The third-order valence-electron chi connectivity index (χ3n) is 8.20. The van der Waals surface area contributed by atoms with Crippen molar-refractivity contribution in [3.63, 3.8) is 0 Å². The number of halogens is 3. The number of amides is 1. The monoisotopic (exact) mass is 579 g/mol. The van der Waals surface area contributed by atoms with Gasteiger partial charge >= 0.3 is 6.29 Å². The Balaban J connectivity index is 1.25. The van der Waals surface area contributed by atoms with Gasteiger partial charge in [-0.3, -0.25) is 4.79 Å². The highest BCUT2D eigenvalue weighted by molar-refractivity contribution is 5.94. The third kappa shape index (κ3) is 5.30. The van der Waals surface area contributed by atoms with E-state index in [0.717, 1.165) is 31.5 Å². The summed E-state index contributed by atoms with van der Waals surface area (Å²) < 4.78 is 55.3. The summed E-state index contributed by atoms with van der Waals surface area (Å²) in [5.41, 5.74) is 4.06. The Morgan fingerprint density at radius 1 is 1.05 bits per heavy atom. The summed E-state index contributed by atoms with van der Waals surface area (Å²) in [5.74, 6) is 0.495. The standard InChI is InChI=1S/C32H32F3N3O4/c1-19(33)8-11-27(39)38(18-22-12-13-31(16-23(22)17-31)28-36-29(42-37-28)30(2,3)4)24-7-5-6-20(14-24)21-9-10-25-26(15-21)41-32(34,35)40-25/h5-7,9-10,14-15H,1,8,11-13,16-18H2,2-4H3. The highest BCUT2D eigenvalue weighted by Crippen LogP contribution is 2.56. The van der Waals surface area contributed by atoms with Crippen LogP contribution in [0.25, 0.3) is 11.1 Å². The van der Waals surface area contributed by atoms with Gasteiger partial charge in [-0.05, 0) is 61.1 Å². The van der Waals surface area contributed by atoms with E-state index < -0.39 is 12.1 Å². The van der Waals surface area contributed by atoms with Crippen LogP contribution in [0, 0.1) is 0 Å². The number of benzene rings is 2. The number of anilines is 1.